The first kappa shape index (κ1) is 11.6. The lowest BCUT2D eigenvalue weighted by atomic mass is 10.2. The van der Waals surface area contributed by atoms with Crippen LogP contribution in [-0.4, -0.2) is 21.3 Å². The molecule has 0 aliphatic carbocycles. The molecular formula is C13H18N4. The summed E-state index contributed by atoms with van der Waals surface area (Å²) in [6.07, 6.45) is 5.71. The van der Waals surface area contributed by atoms with E-state index in [1.165, 1.54) is 24.1 Å². The average molecular weight is 230 g/mol. The quantitative estimate of drug-likeness (QED) is 0.775. The Morgan fingerprint density at radius 1 is 1.35 bits per heavy atom. The van der Waals surface area contributed by atoms with E-state index in [2.05, 4.69) is 46.6 Å². The highest BCUT2D eigenvalue weighted by Gasteiger charge is 1.97. The number of nitrogens with zero attached hydrogens (tertiary/aromatic N) is 3. The van der Waals surface area contributed by atoms with Crippen LogP contribution >= 0.6 is 0 Å². The number of rotatable bonds is 6. The molecule has 0 radical (unpaired) electrons. The van der Waals surface area contributed by atoms with Crippen LogP contribution in [0.5, 0.6) is 0 Å². The highest BCUT2D eigenvalue weighted by molar-refractivity contribution is 5.45. The van der Waals surface area contributed by atoms with Gasteiger partial charge >= 0.3 is 0 Å². The molecule has 4 nitrogen and oxygen atoms in total. The highest BCUT2D eigenvalue weighted by Crippen LogP contribution is 2.11. The van der Waals surface area contributed by atoms with E-state index in [4.69, 9.17) is 0 Å². The second kappa shape index (κ2) is 6.03. The minimum atomic E-state index is 0.767. The summed E-state index contributed by atoms with van der Waals surface area (Å²) in [6.45, 7) is 4.00. The van der Waals surface area contributed by atoms with Crippen molar-refractivity contribution in [2.75, 3.05) is 11.9 Å². The van der Waals surface area contributed by atoms with E-state index in [0.29, 0.717) is 0 Å². The van der Waals surface area contributed by atoms with Crippen LogP contribution in [0.1, 0.15) is 25.3 Å². The summed E-state index contributed by atoms with van der Waals surface area (Å²) in [6, 6.07) is 8.44. The predicted octanol–water partition coefficient (Wildman–Crippen LogP) is 2.54. The normalized spacial score (nSPS) is 10.4. The second-order valence-corrected chi connectivity index (χ2v) is 4.07. The van der Waals surface area contributed by atoms with Crippen molar-refractivity contribution in [2.45, 2.75) is 26.3 Å². The molecular weight excluding hydrogens is 212 g/mol. The molecule has 1 aromatic heterocycles. The first-order valence-corrected chi connectivity index (χ1v) is 6.03. The minimum Gasteiger partial charge on any atom is -0.385 e. The zero-order valence-corrected chi connectivity index (χ0v) is 10.1. The van der Waals surface area contributed by atoms with E-state index in [9.17, 15) is 0 Å². The van der Waals surface area contributed by atoms with Gasteiger partial charge in [-0.1, -0.05) is 25.5 Å². The van der Waals surface area contributed by atoms with E-state index < -0.39 is 0 Å². The SMILES string of the molecule is CCCCNc1cccc(Cn2cncn2)c1. The Kier molecular flexibility index (Phi) is 4.13. The number of aromatic nitrogens is 3. The van der Waals surface area contributed by atoms with Gasteiger partial charge in [0.05, 0.1) is 6.54 Å². The first-order chi connectivity index (χ1) is 8.38. The summed E-state index contributed by atoms with van der Waals surface area (Å²) < 4.78 is 1.82. The summed E-state index contributed by atoms with van der Waals surface area (Å²) >= 11 is 0. The van der Waals surface area contributed by atoms with E-state index in [0.717, 1.165) is 13.1 Å². The lowest BCUT2D eigenvalue weighted by Gasteiger charge is -2.07. The molecule has 1 aromatic carbocycles. The van der Waals surface area contributed by atoms with Crippen LogP contribution in [0.4, 0.5) is 5.69 Å². The van der Waals surface area contributed by atoms with E-state index in [1.807, 2.05) is 4.68 Å². The van der Waals surface area contributed by atoms with Gasteiger partial charge in [-0.15, -0.1) is 0 Å². The molecule has 4 heteroatoms. The molecule has 0 amide bonds. The van der Waals surface area contributed by atoms with Crippen LogP contribution in [-0.2, 0) is 6.54 Å². The third-order valence-corrected chi connectivity index (χ3v) is 2.60. The molecule has 17 heavy (non-hydrogen) atoms. The molecule has 0 unspecified atom stereocenters. The van der Waals surface area contributed by atoms with Gasteiger partial charge in [0.1, 0.15) is 12.7 Å². The Bertz CT molecular complexity index is 436. The molecule has 0 saturated carbocycles. The van der Waals surface area contributed by atoms with Crippen molar-refractivity contribution in [3.63, 3.8) is 0 Å². The maximum atomic E-state index is 4.10. The van der Waals surface area contributed by atoms with Gasteiger partial charge in [-0.25, -0.2) is 9.67 Å². The maximum absolute atomic E-state index is 4.10. The highest BCUT2D eigenvalue weighted by atomic mass is 15.3. The maximum Gasteiger partial charge on any atom is 0.137 e. The Hall–Kier alpha value is -1.84. The standard InChI is InChI=1S/C13H18N4/c1-2-3-7-15-13-6-4-5-12(8-13)9-17-11-14-10-16-17/h4-6,8,10-11,15H,2-3,7,9H2,1H3. The fourth-order valence-electron chi connectivity index (χ4n) is 1.69. The Morgan fingerprint density at radius 2 is 2.29 bits per heavy atom. The lowest BCUT2D eigenvalue weighted by Crippen LogP contribution is -2.03. The number of hydrogen-bond donors (Lipinski definition) is 1. The van der Waals surface area contributed by atoms with Crippen molar-refractivity contribution >= 4 is 5.69 Å². The molecule has 0 spiro atoms. The Morgan fingerprint density at radius 3 is 3.06 bits per heavy atom. The van der Waals surface area contributed by atoms with Gasteiger partial charge in [-0.05, 0) is 24.1 Å². The summed E-state index contributed by atoms with van der Waals surface area (Å²) in [5.74, 6) is 0. The Labute approximate surface area is 102 Å². The van der Waals surface area contributed by atoms with Gasteiger partial charge in [0.2, 0.25) is 0 Å². The van der Waals surface area contributed by atoms with Gasteiger partial charge in [0, 0.05) is 12.2 Å². The zero-order valence-electron chi connectivity index (χ0n) is 10.1. The predicted molar refractivity (Wildman–Crippen MR) is 69.0 cm³/mol. The fourth-order valence-corrected chi connectivity index (χ4v) is 1.69. The summed E-state index contributed by atoms with van der Waals surface area (Å²) in [7, 11) is 0. The number of nitrogens with one attached hydrogen (secondary N) is 1. The van der Waals surface area contributed by atoms with Crippen LogP contribution < -0.4 is 5.32 Å². The van der Waals surface area contributed by atoms with Crippen molar-refractivity contribution in [1.29, 1.82) is 0 Å². The van der Waals surface area contributed by atoms with Gasteiger partial charge in [0.25, 0.3) is 0 Å². The molecule has 0 fully saturated rings. The average Bonchev–Trinajstić information content (AvgIpc) is 2.83. The molecule has 0 bridgehead atoms. The van der Waals surface area contributed by atoms with Gasteiger partial charge in [-0.3, -0.25) is 0 Å². The smallest absolute Gasteiger partial charge is 0.137 e. The fraction of sp³-hybridized carbons (Fsp3) is 0.385. The van der Waals surface area contributed by atoms with Crippen LogP contribution in [0.25, 0.3) is 0 Å². The first-order valence-electron chi connectivity index (χ1n) is 6.03. The monoisotopic (exact) mass is 230 g/mol. The van der Waals surface area contributed by atoms with Gasteiger partial charge < -0.3 is 5.32 Å². The van der Waals surface area contributed by atoms with Crippen LogP contribution in [0.3, 0.4) is 0 Å². The summed E-state index contributed by atoms with van der Waals surface area (Å²) in [5.41, 5.74) is 2.41. The topological polar surface area (TPSA) is 42.7 Å². The van der Waals surface area contributed by atoms with Crippen LogP contribution in [0, 0.1) is 0 Å². The summed E-state index contributed by atoms with van der Waals surface area (Å²) in [5, 5.41) is 7.52. The number of benzene rings is 1. The van der Waals surface area contributed by atoms with Crippen LogP contribution in [0.15, 0.2) is 36.9 Å². The van der Waals surface area contributed by atoms with Gasteiger partial charge in [-0.2, -0.15) is 5.10 Å². The molecule has 1 heterocycles. The van der Waals surface area contributed by atoms with Gasteiger partial charge in [0.15, 0.2) is 0 Å². The van der Waals surface area contributed by atoms with Crippen molar-refractivity contribution in [3.8, 4) is 0 Å². The molecule has 0 saturated heterocycles. The molecule has 0 aliphatic rings. The molecule has 2 aromatic rings. The second-order valence-electron chi connectivity index (χ2n) is 4.07. The lowest BCUT2D eigenvalue weighted by molar-refractivity contribution is 0.685. The van der Waals surface area contributed by atoms with Crippen LogP contribution in [0.2, 0.25) is 0 Å². The summed E-state index contributed by atoms with van der Waals surface area (Å²) in [4.78, 5) is 3.94. The van der Waals surface area contributed by atoms with E-state index in [-0.39, 0.29) is 0 Å². The molecule has 0 atom stereocenters. The minimum absolute atomic E-state index is 0.767. The number of unbranched alkanes of at least 4 members (excludes halogenated alkanes) is 1. The zero-order chi connectivity index (χ0) is 11.9. The number of anilines is 1. The molecule has 2 rings (SSSR count). The van der Waals surface area contributed by atoms with Crippen molar-refractivity contribution < 1.29 is 0 Å². The van der Waals surface area contributed by atoms with E-state index >= 15 is 0 Å². The number of hydrogen-bond acceptors (Lipinski definition) is 3. The molecule has 0 aliphatic heterocycles. The van der Waals surface area contributed by atoms with Crippen molar-refractivity contribution in [2.24, 2.45) is 0 Å². The Balaban J connectivity index is 1.96. The molecule has 1 N–H and O–H groups in total. The van der Waals surface area contributed by atoms with Crippen molar-refractivity contribution in [3.05, 3.63) is 42.5 Å². The third-order valence-electron chi connectivity index (χ3n) is 2.60. The third kappa shape index (κ3) is 3.59. The molecule has 90 valence electrons. The van der Waals surface area contributed by atoms with E-state index in [1.54, 1.807) is 12.7 Å². The largest absolute Gasteiger partial charge is 0.385 e. The van der Waals surface area contributed by atoms with Crippen molar-refractivity contribution in [1.82, 2.24) is 14.8 Å².